The molecule has 0 saturated carbocycles. The molecule has 0 saturated heterocycles. The second-order valence-electron chi connectivity index (χ2n) is 2.59. The van der Waals surface area contributed by atoms with E-state index >= 15 is 0 Å². The van der Waals surface area contributed by atoms with Crippen molar-refractivity contribution in [2.75, 3.05) is 25.8 Å². The van der Waals surface area contributed by atoms with Crippen molar-refractivity contribution in [1.82, 2.24) is 0 Å². The highest BCUT2D eigenvalue weighted by molar-refractivity contribution is 9.10. The predicted molar refractivity (Wildman–Crippen MR) is 54.4 cm³/mol. The molecule has 0 aliphatic heterocycles. The summed E-state index contributed by atoms with van der Waals surface area (Å²) in [6.45, 7) is 0.613. The molecule has 0 bridgehead atoms. The lowest BCUT2D eigenvalue weighted by Crippen LogP contribution is -2.19. The van der Waals surface area contributed by atoms with Gasteiger partial charge in [-0.2, -0.15) is 0 Å². The van der Waals surface area contributed by atoms with Crippen molar-refractivity contribution in [3.63, 3.8) is 0 Å². The first-order valence-corrected chi connectivity index (χ1v) is 4.49. The molecule has 0 N–H and O–H groups in total. The fraction of sp³-hybridized carbons (Fsp3) is 0.333. The van der Waals surface area contributed by atoms with Gasteiger partial charge in [-0.05, 0) is 24.3 Å². The number of nitrogens with zero attached hydrogens (tertiary/aromatic N) is 1. The smallest absolute Gasteiger partial charge is 0.118 e. The minimum Gasteiger partial charge on any atom is -0.364 e. The van der Waals surface area contributed by atoms with Crippen LogP contribution in [0, 0.1) is 0 Å². The second kappa shape index (κ2) is 4.48. The Balaban J connectivity index is 2.68. The van der Waals surface area contributed by atoms with Crippen LogP contribution in [0.4, 0.5) is 5.69 Å². The number of benzene rings is 1. The molecule has 0 spiro atoms. The second-order valence-corrected chi connectivity index (χ2v) is 3.51. The first-order valence-electron chi connectivity index (χ1n) is 3.69. The van der Waals surface area contributed by atoms with Gasteiger partial charge < -0.3 is 9.64 Å². The van der Waals surface area contributed by atoms with Gasteiger partial charge in [0.15, 0.2) is 0 Å². The molecule has 1 rings (SSSR count). The van der Waals surface area contributed by atoms with Gasteiger partial charge in [-0.15, -0.1) is 0 Å². The highest BCUT2D eigenvalue weighted by Gasteiger charge is 1.97. The van der Waals surface area contributed by atoms with Crippen LogP contribution in [0.5, 0.6) is 0 Å². The van der Waals surface area contributed by atoms with E-state index in [0.29, 0.717) is 6.73 Å². The summed E-state index contributed by atoms with van der Waals surface area (Å²) in [6.07, 6.45) is 0. The minimum absolute atomic E-state index is 0.613. The summed E-state index contributed by atoms with van der Waals surface area (Å²) in [5.74, 6) is 0. The molecule has 0 aliphatic carbocycles. The molecular formula is C9H12BrNO. The maximum absolute atomic E-state index is 5.00. The topological polar surface area (TPSA) is 12.5 Å². The number of ether oxygens (including phenoxy) is 1. The van der Waals surface area contributed by atoms with Gasteiger partial charge in [-0.3, -0.25) is 0 Å². The highest BCUT2D eigenvalue weighted by Crippen LogP contribution is 2.16. The van der Waals surface area contributed by atoms with E-state index in [0.717, 1.165) is 10.2 Å². The summed E-state index contributed by atoms with van der Waals surface area (Å²) in [5.41, 5.74) is 1.15. The quantitative estimate of drug-likeness (QED) is 0.739. The number of hydrogen-bond donors (Lipinski definition) is 0. The number of halogens is 1. The van der Waals surface area contributed by atoms with Crippen LogP contribution in [-0.4, -0.2) is 20.9 Å². The van der Waals surface area contributed by atoms with Crippen LogP contribution in [0.15, 0.2) is 28.7 Å². The van der Waals surface area contributed by atoms with Gasteiger partial charge in [0.05, 0.1) is 0 Å². The van der Waals surface area contributed by atoms with E-state index in [1.54, 1.807) is 7.11 Å². The van der Waals surface area contributed by atoms with Crippen LogP contribution in [0.2, 0.25) is 0 Å². The fourth-order valence-corrected chi connectivity index (χ4v) is 1.23. The minimum atomic E-state index is 0.613. The Morgan fingerprint density at radius 1 is 1.33 bits per heavy atom. The third-order valence-electron chi connectivity index (χ3n) is 1.59. The molecule has 66 valence electrons. The van der Waals surface area contributed by atoms with E-state index in [1.165, 1.54) is 0 Å². The van der Waals surface area contributed by atoms with Crippen LogP contribution >= 0.6 is 15.9 Å². The zero-order chi connectivity index (χ0) is 8.97. The third kappa shape index (κ3) is 2.50. The van der Waals surface area contributed by atoms with Crippen LogP contribution in [0.1, 0.15) is 0 Å². The lowest BCUT2D eigenvalue weighted by molar-refractivity contribution is 0.202. The average Bonchev–Trinajstić information content (AvgIpc) is 2.06. The van der Waals surface area contributed by atoms with Crippen LogP contribution in [-0.2, 0) is 4.74 Å². The Morgan fingerprint density at radius 3 is 2.42 bits per heavy atom. The Bertz CT molecular complexity index is 235. The third-order valence-corrected chi connectivity index (χ3v) is 2.12. The van der Waals surface area contributed by atoms with Crippen molar-refractivity contribution in [2.45, 2.75) is 0 Å². The standard InChI is InChI=1S/C9H12BrNO/c1-11(7-12-2)9-5-3-8(10)4-6-9/h3-6H,7H2,1-2H3. The Hall–Kier alpha value is -0.540. The van der Waals surface area contributed by atoms with E-state index in [4.69, 9.17) is 4.74 Å². The van der Waals surface area contributed by atoms with Crippen molar-refractivity contribution in [3.8, 4) is 0 Å². The number of rotatable bonds is 3. The monoisotopic (exact) mass is 229 g/mol. The van der Waals surface area contributed by atoms with E-state index in [-0.39, 0.29) is 0 Å². The zero-order valence-corrected chi connectivity index (χ0v) is 8.84. The van der Waals surface area contributed by atoms with Crippen LogP contribution in [0.3, 0.4) is 0 Å². The first-order chi connectivity index (χ1) is 5.74. The lowest BCUT2D eigenvalue weighted by Gasteiger charge is -2.17. The molecule has 1 aromatic rings. The van der Waals surface area contributed by atoms with Gasteiger partial charge in [0.1, 0.15) is 6.73 Å². The molecule has 0 fully saturated rings. The normalized spacial score (nSPS) is 9.92. The largest absolute Gasteiger partial charge is 0.364 e. The van der Waals surface area contributed by atoms with Gasteiger partial charge in [-0.25, -0.2) is 0 Å². The summed E-state index contributed by atoms with van der Waals surface area (Å²) < 4.78 is 6.10. The average molecular weight is 230 g/mol. The number of hydrogen-bond acceptors (Lipinski definition) is 2. The maximum atomic E-state index is 5.00. The molecule has 0 aliphatic rings. The van der Waals surface area contributed by atoms with E-state index in [2.05, 4.69) is 15.9 Å². The van der Waals surface area contributed by atoms with Crippen molar-refractivity contribution in [1.29, 1.82) is 0 Å². The summed E-state index contributed by atoms with van der Waals surface area (Å²) in [7, 11) is 3.68. The van der Waals surface area contributed by atoms with Crippen molar-refractivity contribution >= 4 is 21.6 Å². The predicted octanol–water partition coefficient (Wildman–Crippen LogP) is 2.49. The molecule has 0 aromatic heterocycles. The number of methoxy groups -OCH3 is 1. The Labute approximate surface area is 81.3 Å². The van der Waals surface area contributed by atoms with E-state index < -0.39 is 0 Å². The molecule has 1 aromatic carbocycles. The van der Waals surface area contributed by atoms with Gasteiger partial charge >= 0.3 is 0 Å². The zero-order valence-electron chi connectivity index (χ0n) is 7.25. The number of anilines is 1. The van der Waals surface area contributed by atoms with Crippen molar-refractivity contribution in [2.24, 2.45) is 0 Å². The Kier molecular flexibility index (Phi) is 3.56. The van der Waals surface area contributed by atoms with Crippen LogP contribution in [0.25, 0.3) is 0 Å². The summed E-state index contributed by atoms with van der Waals surface area (Å²) in [5, 5.41) is 0. The lowest BCUT2D eigenvalue weighted by atomic mass is 10.3. The molecule has 3 heteroatoms. The molecule has 0 radical (unpaired) electrons. The fourth-order valence-electron chi connectivity index (χ4n) is 0.964. The Morgan fingerprint density at radius 2 is 1.92 bits per heavy atom. The van der Waals surface area contributed by atoms with Gasteiger partial charge in [0.25, 0.3) is 0 Å². The van der Waals surface area contributed by atoms with E-state index in [9.17, 15) is 0 Å². The molecule has 2 nitrogen and oxygen atoms in total. The van der Waals surface area contributed by atoms with Gasteiger partial charge in [-0.1, -0.05) is 15.9 Å². The first kappa shape index (κ1) is 9.55. The van der Waals surface area contributed by atoms with Crippen molar-refractivity contribution < 1.29 is 4.74 Å². The summed E-state index contributed by atoms with van der Waals surface area (Å²) in [6, 6.07) is 8.12. The van der Waals surface area contributed by atoms with Crippen LogP contribution < -0.4 is 4.90 Å². The summed E-state index contributed by atoms with van der Waals surface area (Å²) in [4.78, 5) is 2.03. The SMILES string of the molecule is COCN(C)c1ccc(Br)cc1. The van der Waals surface area contributed by atoms with Crippen molar-refractivity contribution in [3.05, 3.63) is 28.7 Å². The van der Waals surface area contributed by atoms with Gasteiger partial charge in [0, 0.05) is 24.3 Å². The van der Waals surface area contributed by atoms with E-state index in [1.807, 2.05) is 36.2 Å². The van der Waals surface area contributed by atoms with Gasteiger partial charge in [0.2, 0.25) is 0 Å². The highest BCUT2D eigenvalue weighted by atomic mass is 79.9. The molecule has 12 heavy (non-hydrogen) atoms. The molecule has 0 atom stereocenters. The summed E-state index contributed by atoms with van der Waals surface area (Å²) >= 11 is 3.38. The molecule has 0 amide bonds. The molecule has 0 heterocycles. The molecule has 0 unspecified atom stereocenters. The molecular weight excluding hydrogens is 218 g/mol. The maximum Gasteiger partial charge on any atom is 0.118 e.